The first kappa shape index (κ1) is 25.4. The average Bonchev–Trinajstić information content (AvgIpc) is 2.75. The normalized spacial score (nSPS) is 14.8. The molecule has 1 aliphatic heterocycles. The van der Waals surface area contributed by atoms with Crippen molar-refractivity contribution in [3.63, 3.8) is 0 Å². The minimum Gasteiger partial charge on any atom is -0.368 e. The average molecular weight is 560 g/mol. The van der Waals surface area contributed by atoms with Crippen LogP contribution in [0.5, 0.6) is 0 Å². The van der Waals surface area contributed by atoms with Crippen molar-refractivity contribution in [3.8, 4) is 0 Å². The van der Waals surface area contributed by atoms with Crippen molar-refractivity contribution in [1.82, 2.24) is 10.2 Å². The molecule has 170 valence electrons. The summed E-state index contributed by atoms with van der Waals surface area (Å²) in [5, 5.41) is 3.28. The van der Waals surface area contributed by atoms with Gasteiger partial charge in [0.2, 0.25) is 0 Å². The van der Waals surface area contributed by atoms with Crippen LogP contribution in [0.25, 0.3) is 0 Å². The molecule has 1 saturated heterocycles. The second-order valence-corrected chi connectivity index (χ2v) is 9.54. The Bertz CT molecular complexity index is 932. The van der Waals surface area contributed by atoms with Crippen LogP contribution in [0.1, 0.15) is 12.0 Å². The standard InChI is InChI=1S/C22H29FN4O2S.HI/c1-24-22(25-12-5-17-30(28,29)18-19-6-3-2-4-7-19)27-15-13-26(14-16-27)21-10-8-20(23)9-11-21;/h2-4,6-11H,5,12-18H2,1H3,(H,24,25);1H. The number of hydrogen-bond donors (Lipinski definition) is 1. The van der Waals surface area contributed by atoms with Crippen molar-refractivity contribution in [3.05, 3.63) is 66.0 Å². The van der Waals surface area contributed by atoms with Gasteiger partial charge in [0, 0.05) is 45.5 Å². The van der Waals surface area contributed by atoms with Crippen LogP contribution in [0.3, 0.4) is 0 Å². The Morgan fingerprint density at radius 1 is 1.03 bits per heavy atom. The number of halogens is 2. The third-order valence-electron chi connectivity index (χ3n) is 5.13. The molecule has 0 unspecified atom stereocenters. The van der Waals surface area contributed by atoms with E-state index < -0.39 is 9.84 Å². The van der Waals surface area contributed by atoms with Gasteiger partial charge in [-0.15, -0.1) is 24.0 Å². The predicted molar refractivity (Wildman–Crippen MR) is 136 cm³/mol. The molecule has 0 aromatic heterocycles. The molecule has 1 heterocycles. The van der Waals surface area contributed by atoms with Crippen molar-refractivity contribution >= 4 is 45.5 Å². The smallest absolute Gasteiger partial charge is 0.193 e. The predicted octanol–water partition coefficient (Wildman–Crippen LogP) is 3.15. The Labute approximate surface area is 201 Å². The number of rotatable bonds is 7. The maximum absolute atomic E-state index is 13.1. The molecule has 2 aromatic carbocycles. The van der Waals surface area contributed by atoms with E-state index in [4.69, 9.17) is 0 Å². The van der Waals surface area contributed by atoms with Crippen molar-refractivity contribution in [2.24, 2.45) is 4.99 Å². The highest BCUT2D eigenvalue weighted by Crippen LogP contribution is 2.17. The minimum atomic E-state index is -3.13. The maximum Gasteiger partial charge on any atom is 0.193 e. The molecule has 6 nitrogen and oxygen atoms in total. The zero-order chi connectivity index (χ0) is 21.4. The van der Waals surface area contributed by atoms with Gasteiger partial charge in [0.25, 0.3) is 0 Å². The molecule has 2 aromatic rings. The van der Waals surface area contributed by atoms with Gasteiger partial charge < -0.3 is 15.1 Å². The number of nitrogens with zero attached hydrogens (tertiary/aromatic N) is 3. The van der Waals surface area contributed by atoms with E-state index in [9.17, 15) is 12.8 Å². The lowest BCUT2D eigenvalue weighted by molar-refractivity contribution is 0.372. The lowest BCUT2D eigenvalue weighted by Gasteiger charge is -2.37. The van der Waals surface area contributed by atoms with Crippen LogP contribution < -0.4 is 10.2 Å². The topological polar surface area (TPSA) is 65.0 Å². The first-order valence-corrected chi connectivity index (χ1v) is 12.0. The molecule has 0 spiro atoms. The van der Waals surface area contributed by atoms with Crippen LogP contribution in [0.2, 0.25) is 0 Å². The molecule has 1 N–H and O–H groups in total. The summed E-state index contributed by atoms with van der Waals surface area (Å²) in [4.78, 5) is 8.72. The molecule has 0 bridgehead atoms. The summed E-state index contributed by atoms with van der Waals surface area (Å²) in [6.07, 6.45) is 0.531. The van der Waals surface area contributed by atoms with E-state index in [1.165, 1.54) is 12.1 Å². The fraction of sp³-hybridized carbons (Fsp3) is 0.409. The highest BCUT2D eigenvalue weighted by Gasteiger charge is 2.20. The molecule has 0 radical (unpaired) electrons. The fourth-order valence-corrected chi connectivity index (χ4v) is 4.98. The molecule has 31 heavy (non-hydrogen) atoms. The monoisotopic (exact) mass is 560 g/mol. The molecule has 0 saturated carbocycles. The van der Waals surface area contributed by atoms with Gasteiger partial charge in [0.15, 0.2) is 15.8 Å². The van der Waals surface area contributed by atoms with E-state index in [-0.39, 0.29) is 41.3 Å². The molecule has 3 rings (SSSR count). The fourth-order valence-electron chi connectivity index (χ4n) is 3.55. The summed E-state index contributed by atoms with van der Waals surface area (Å²) in [7, 11) is -1.40. The Morgan fingerprint density at radius 3 is 2.29 bits per heavy atom. The largest absolute Gasteiger partial charge is 0.368 e. The van der Waals surface area contributed by atoms with Crippen LogP contribution in [0, 0.1) is 5.82 Å². The third kappa shape index (κ3) is 7.95. The summed E-state index contributed by atoms with van der Waals surface area (Å²) in [6, 6.07) is 15.8. The Hall–Kier alpha value is -1.88. The summed E-state index contributed by atoms with van der Waals surface area (Å²) in [5.74, 6) is 0.778. The van der Waals surface area contributed by atoms with Gasteiger partial charge >= 0.3 is 0 Å². The van der Waals surface area contributed by atoms with E-state index in [0.29, 0.717) is 13.0 Å². The van der Waals surface area contributed by atoms with Gasteiger partial charge in [0.1, 0.15) is 5.82 Å². The van der Waals surface area contributed by atoms with Crippen molar-refractivity contribution < 1.29 is 12.8 Å². The summed E-state index contributed by atoms with van der Waals surface area (Å²) in [5.41, 5.74) is 1.84. The van der Waals surface area contributed by atoms with Crippen molar-refractivity contribution in [2.75, 3.05) is 50.4 Å². The number of hydrogen-bond acceptors (Lipinski definition) is 4. The number of benzene rings is 2. The summed E-state index contributed by atoms with van der Waals surface area (Å²) in [6.45, 7) is 3.78. The first-order valence-electron chi connectivity index (χ1n) is 10.2. The number of anilines is 1. The van der Waals surface area contributed by atoms with Crippen LogP contribution >= 0.6 is 24.0 Å². The molecule has 1 fully saturated rings. The molecule has 1 aliphatic rings. The molecule has 0 amide bonds. The van der Waals surface area contributed by atoms with Gasteiger partial charge in [-0.3, -0.25) is 4.99 Å². The number of aliphatic imine (C=N–C) groups is 1. The Kier molecular flexibility index (Phi) is 10.0. The Morgan fingerprint density at radius 2 is 1.68 bits per heavy atom. The second-order valence-electron chi connectivity index (χ2n) is 7.36. The molecular weight excluding hydrogens is 530 g/mol. The third-order valence-corrected chi connectivity index (χ3v) is 6.81. The summed E-state index contributed by atoms with van der Waals surface area (Å²) >= 11 is 0. The first-order chi connectivity index (χ1) is 14.5. The van der Waals surface area contributed by atoms with Gasteiger partial charge in [0.05, 0.1) is 11.5 Å². The zero-order valence-electron chi connectivity index (χ0n) is 17.7. The van der Waals surface area contributed by atoms with E-state index in [0.717, 1.165) is 43.4 Å². The highest BCUT2D eigenvalue weighted by atomic mass is 127. The molecule has 0 atom stereocenters. The van der Waals surface area contributed by atoms with Crippen molar-refractivity contribution in [1.29, 1.82) is 0 Å². The summed E-state index contributed by atoms with van der Waals surface area (Å²) < 4.78 is 37.7. The number of guanidine groups is 1. The van der Waals surface area contributed by atoms with Gasteiger partial charge in [-0.05, 0) is 36.2 Å². The van der Waals surface area contributed by atoms with E-state index >= 15 is 0 Å². The van der Waals surface area contributed by atoms with Gasteiger partial charge in [-0.1, -0.05) is 30.3 Å². The Balaban J connectivity index is 0.00000341. The molecule has 9 heteroatoms. The van der Waals surface area contributed by atoms with E-state index in [1.807, 2.05) is 30.3 Å². The molecule has 0 aliphatic carbocycles. The maximum atomic E-state index is 13.1. The van der Waals surface area contributed by atoms with Crippen LogP contribution in [-0.2, 0) is 15.6 Å². The van der Waals surface area contributed by atoms with E-state index in [2.05, 4.69) is 20.1 Å². The van der Waals surface area contributed by atoms with Gasteiger partial charge in [-0.25, -0.2) is 12.8 Å². The van der Waals surface area contributed by atoms with Gasteiger partial charge in [-0.2, -0.15) is 0 Å². The van der Waals surface area contributed by atoms with Crippen molar-refractivity contribution in [2.45, 2.75) is 12.2 Å². The van der Waals surface area contributed by atoms with Crippen LogP contribution in [0.4, 0.5) is 10.1 Å². The van der Waals surface area contributed by atoms with Crippen LogP contribution in [0.15, 0.2) is 59.6 Å². The number of piperazine rings is 1. The number of sulfone groups is 1. The second kappa shape index (κ2) is 12.2. The van der Waals surface area contributed by atoms with Crippen LogP contribution in [-0.4, -0.2) is 64.8 Å². The zero-order valence-corrected chi connectivity index (χ0v) is 20.9. The lowest BCUT2D eigenvalue weighted by atomic mass is 10.2. The molecular formula is C22H30FIN4O2S. The van der Waals surface area contributed by atoms with E-state index in [1.54, 1.807) is 19.2 Å². The lowest BCUT2D eigenvalue weighted by Crippen LogP contribution is -2.52. The minimum absolute atomic E-state index is 0. The number of nitrogens with one attached hydrogen (secondary N) is 1. The SMILES string of the molecule is CN=C(NCCCS(=O)(=O)Cc1ccccc1)N1CCN(c2ccc(F)cc2)CC1.I. The highest BCUT2D eigenvalue weighted by molar-refractivity contribution is 14.0. The quantitative estimate of drug-likeness (QED) is 0.244.